The van der Waals surface area contributed by atoms with Gasteiger partial charge >= 0.3 is 6.18 Å². The molecule has 0 radical (unpaired) electrons. The summed E-state index contributed by atoms with van der Waals surface area (Å²) in [5.74, 6) is 0.941. The topological polar surface area (TPSA) is 62.7 Å². The largest absolute Gasteiger partial charge is 0.416 e. The second-order valence-corrected chi connectivity index (χ2v) is 5.21. The SMILES string of the molecule is FC(F)(F)c1cccc(Nc2cc(NCc3cccnc3)ncn2)c1. The Morgan fingerprint density at radius 2 is 1.80 bits per heavy atom. The molecule has 3 rings (SSSR count). The average molecular weight is 345 g/mol. The molecule has 0 unspecified atom stereocenters. The Morgan fingerprint density at radius 3 is 2.56 bits per heavy atom. The number of nitrogens with one attached hydrogen (secondary N) is 2. The van der Waals surface area contributed by atoms with E-state index in [1.54, 1.807) is 24.5 Å². The summed E-state index contributed by atoms with van der Waals surface area (Å²) in [7, 11) is 0. The lowest BCUT2D eigenvalue weighted by atomic mass is 10.2. The molecular weight excluding hydrogens is 331 g/mol. The van der Waals surface area contributed by atoms with Crippen LogP contribution < -0.4 is 10.6 Å². The Balaban J connectivity index is 1.69. The fraction of sp³-hybridized carbons (Fsp3) is 0.118. The number of alkyl halides is 3. The third-order valence-electron chi connectivity index (χ3n) is 3.33. The molecule has 0 aliphatic rings. The first-order chi connectivity index (χ1) is 12.0. The lowest BCUT2D eigenvalue weighted by Gasteiger charge is -2.11. The zero-order chi connectivity index (χ0) is 17.7. The van der Waals surface area contributed by atoms with E-state index in [-0.39, 0.29) is 0 Å². The first kappa shape index (κ1) is 16.7. The molecule has 0 spiro atoms. The van der Waals surface area contributed by atoms with Gasteiger partial charge in [-0.1, -0.05) is 12.1 Å². The van der Waals surface area contributed by atoms with Crippen molar-refractivity contribution in [2.45, 2.75) is 12.7 Å². The monoisotopic (exact) mass is 345 g/mol. The summed E-state index contributed by atoms with van der Waals surface area (Å²) in [6.07, 6.45) is 0.364. The zero-order valence-electron chi connectivity index (χ0n) is 13.0. The first-order valence-electron chi connectivity index (χ1n) is 7.40. The summed E-state index contributed by atoms with van der Waals surface area (Å²) in [5.41, 5.74) is 0.557. The second kappa shape index (κ2) is 7.16. The first-order valence-corrected chi connectivity index (χ1v) is 7.40. The van der Waals surface area contributed by atoms with E-state index in [0.29, 0.717) is 23.9 Å². The molecule has 3 aromatic rings. The van der Waals surface area contributed by atoms with Crippen LogP contribution in [0.15, 0.2) is 61.2 Å². The minimum atomic E-state index is -4.39. The molecule has 1 aromatic carbocycles. The van der Waals surface area contributed by atoms with Crippen LogP contribution in [0.1, 0.15) is 11.1 Å². The fourth-order valence-corrected chi connectivity index (χ4v) is 2.14. The number of pyridine rings is 1. The minimum Gasteiger partial charge on any atom is -0.366 e. The Morgan fingerprint density at radius 1 is 0.960 bits per heavy atom. The molecule has 25 heavy (non-hydrogen) atoms. The van der Waals surface area contributed by atoms with Crippen molar-refractivity contribution >= 4 is 17.3 Å². The van der Waals surface area contributed by atoms with Crippen LogP contribution in [0.5, 0.6) is 0 Å². The summed E-state index contributed by atoms with van der Waals surface area (Å²) >= 11 is 0. The Kier molecular flexibility index (Phi) is 4.78. The molecule has 0 saturated carbocycles. The van der Waals surface area contributed by atoms with E-state index < -0.39 is 11.7 Å². The van der Waals surface area contributed by atoms with Gasteiger partial charge < -0.3 is 10.6 Å². The standard InChI is InChI=1S/C17H14F3N5/c18-17(19,20)13-4-1-5-14(7-13)25-16-8-15(23-11-24-16)22-10-12-3-2-6-21-9-12/h1-9,11H,10H2,(H2,22,23,24,25). The minimum absolute atomic E-state index is 0.298. The molecule has 0 fully saturated rings. The normalized spacial score (nSPS) is 11.2. The van der Waals surface area contributed by atoms with Crippen LogP contribution in [-0.4, -0.2) is 15.0 Å². The van der Waals surface area contributed by atoms with Gasteiger partial charge in [0.2, 0.25) is 0 Å². The number of anilines is 3. The maximum Gasteiger partial charge on any atom is 0.416 e. The van der Waals surface area contributed by atoms with E-state index in [1.165, 1.54) is 12.4 Å². The van der Waals surface area contributed by atoms with E-state index in [1.807, 2.05) is 12.1 Å². The second-order valence-electron chi connectivity index (χ2n) is 5.21. The molecule has 8 heteroatoms. The lowest BCUT2D eigenvalue weighted by Crippen LogP contribution is -2.06. The van der Waals surface area contributed by atoms with Crippen molar-refractivity contribution in [3.8, 4) is 0 Å². The molecule has 2 aromatic heterocycles. The number of halogens is 3. The van der Waals surface area contributed by atoms with E-state index in [0.717, 1.165) is 17.7 Å². The Labute approximate surface area is 142 Å². The smallest absolute Gasteiger partial charge is 0.366 e. The number of hydrogen-bond donors (Lipinski definition) is 2. The molecular formula is C17H14F3N5. The van der Waals surface area contributed by atoms with Crippen molar-refractivity contribution in [1.29, 1.82) is 0 Å². The summed E-state index contributed by atoms with van der Waals surface area (Å²) in [4.78, 5) is 12.1. The molecule has 0 bridgehead atoms. The number of aromatic nitrogens is 3. The van der Waals surface area contributed by atoms with Crippen molar-refractivity contribution in [1.82, 2.24) is 15.0 Å². The van der Waals surface area contributed by atoms with Crippen LogP contribution in [0.4, 0.5) is 30.5 Å². The van der Waals surface area contributed by atoms with Gasteiger partial charge in [0.1, 0.15) is 18.0 Å². The van der Waals surface area contributed by atoms with Crippen LogP contribution in [0.3, 0.4) is 0 Å². The van der Waals surface area contributed by atoms with Crippen LogP contribution >= 0.6 is 0 Å². The quantitative estimate of drug-likeness (QED) is 0.724. The molecule has 5 nitrogen and oxygen atoms in total. The maximum atomic E-state index is 12.8. The third kappa shape index (κ3) is 4.66. The maximum absolute atomic E-state index is 12.8. The zero-order valence-corrected chi connectivity index (χ0v) is 13.0. The van der Waals surface area contributed by atoms with Crippen molar-refractivity contribution in [2.75, 3.05) is 10.6 Å². The number of nitrogens with zero attached hydrogens (tertiary/aromatic N) is 3. The van der Waals surface area contributed by atoms with Crippen molar-refractivity contribution < 1.29 is 13.2 Å². The van der Waals surface area contributed by atoms with Gasteiger partial charge in [0.05, 0.1) is 5.56 Å². The summed E-state index contributed by atoms with van der Waals surface area (Å²) in [5, 5.41) is 5.96. The fourth-order valence-electron chi connectivity index (χ4n) is 2.14. The van der Waals surface area contributed by atoms with Gasteiger partial charge in [0, 0.05) is 30.7 Å². The third-order valence-corrected chi connectivity index (χ3v) is 3.33. The van der Waals surface area contributed by atoms with Crippen LogP contribution in [-0.2, 0) is 12.7 Å². The molecule has 2 N–H and O–H groups in total. The molecule has 0 aliphatic carbocycles. The predicted molar refractivity (Wildman–Crippen MR) is 88.3 cm³/mol. The highest BCUT2D eigenvalue weighted by molar-refractivity contribution is 5.59. The highest BCUT2D eigenvalue weighted by Gasteiger charge is 2.30. The molecule has 0 atom stereocenters. The lowest BCUT2D eigenvalue weighted by molar-refractivity contribution is -0.137. The number of hydrogen-bond acceptors (Lipinski definition) is 5. The van der Waals surface area contributed by atoms with Gasteiger partial charge in [0.15, 0.2) is 0 Å². The van der Waals surface area contributed by atoms with Crippen LogP contribution in [0.25, 0.3) is 0 Å². The summed E-state index contributed by atoms with van der Waals surface area (Å²) in [6.45, 7) is 0.522. The van der Waals surface area contributed by atoms with Gasteiger partial charge in [0.25, 0.3) is 0 Å². The number of benzene rings is 1. The van der Waals surface area contributed by atoms with E-state index in [4.69, 9.17) is 0 Å². The Hall–Kier alpha value is -3.16. The van der Waals surface area contributed by atoms with E-state index >= 15 is 0 Å². The molecule has 0 amide bonds. The summed E-state index contributed by atoms with van der Waals surface area (Å²) in [6, 6.07) is 10.3. The highest BCUT2D eigenvalue weighted by Crippen LogP contribution is 2.31. The van der Waals surface area contributed by atoms with Crippen molar-refractivity contribution in [3.05, 3.63) is 72.3 Å². The predicted octanol–water partition coefficient (Wildman–Crippen LogP) is 4.25. The highest BCUT2D eigenvalue weighted by atomic mass is 19.4. The van der Waals surface area contributed by atoms with Gasteiger partial charge in [-0.3, -0.25) is 4.98 Å². The molecule has 128 valence electrons. The van der Waals surface area contributed by atoms with Gasteiger partial charge in [-0.05, 0) is 29.8 Å². The summed E-state index contributed by atoms with van der Waals surface area (Å²) < 4.78 is 38.3. The average Bonchev–Trinajstić information content (AvgIpc) is 2.61. The molecule has 0 saturated heterocycles. The van der Waals surface area contributed by atoms with E-state index in [9.17, 15) is 13.2 Å². The van der Waals surface area contributed by atoms with E-state index in [2.05, 4.69) is 25.6 Å². The van der Waals surface area contributed by atoms with Gasteiger partial charge in [-0.25, -0.2) is 9.97 Å². The van der Waals surface area contributed by atoms with Gasteiger partial charge in [-0.2, -0.15) is 13.2 Å². The molecule has 0 aliphatic heterocycles. The van der Waals surface area contributed by atoms with Crippen LogP contribution in [0.2, 0.25) is 0 Å². The van der Waals surface area contributed by atoms with Crippen molar-refractivity contribution in [3.63, 3.8) is 0 Å². The van der Waals surface area contributed by atoms with Crippen molar-refractivity contribution in [2.24, 2.45) is 0 Å². The number of rotatable bonds is 5. The Bertz CT molecular complexity index is 837. The van der Waals surface area contributed by atoms with Gasteiger partial charge in [-0.15, -0.1) is 0 Å². The molecule has 2 heterocycles. The van der Waals surface area contributed by atoms with Crippen LogP contribution in [0, 0.1) is 0 Å².